The molecular weight excluding hydrogens is 446 g/mol. The minimum atomic E-state index is -1.27. The van der Waals surface area contributed by atoms with Crippen LogP contribution >= 0.6 is 11.6 Å². The number of hydrogen-bond donors (Lipinski definition) is 0. The summed E-state index contributed by atoms with van der Waals surface area (Å²) < 4.78 is 14.6. The van der Waals surface area contributed by atoms with Crippen LogP contribution in [0.25, 0.3) is 17.0 Å². The Kier molecular flexibility index (Phi) is 7.18. The topological polar surface area (TPSA) is 95.0 Å². The first-order valence-electron chi connectivity index (χ1n) is 10.1. The van der Waals surface area contributed by atoms with Gasteiger partial charge < -0.3 is 9.47 Å². The van der Waals surface area contributed by atoms with Crippen molar-refractivity contribution in [1.82, 2.24) is 19.1 Å². The van der Waals surface area contributed by atoms with E-state index < -0.39 is 8.07 Å². The molecule has 0 N–H and O–H groups in total. The highest BCUT2D eigenvalue weighted by Gasteiger charge is 2.22. The summed E-state index contributed by atoms with van der Waals surface area (Å²) in [7, 11) is -1.27. The molecule has 0 bridgehead atoms. The lowest BCUT2D eigenvalue weighted by molar-refractivity contribution is 0.0871. The Labute approximate surface area is 192 Å². The molecule has 3 aromatic heterocycles. The predicted octanol–water partition coefficient (Wildman–Crippen LogP) is 4.37. The standard InChI is InChI=1S/C22H26ClN5O3Si/c1-15(2)13-31-17-8-9-25-21-19(17)28(18-7-6-16(12-24)20(23)26-18)22(29)27(21)14-30-10-11-32(3,4)5/h6-9H,1,10-11,13-14H2,2-5H3. The van der Waals surface area contributed by atoms with Crippen LogP contribution in [0, 0.1) is 11.3 Å². The van der Waals surface area contributed by atoms with Crippen LogP contribution in [0.5, 0.6) is 5.75 Å². The van der Waals surface area contributed by atoms with Gasteiger partial charge in [-0.05, 0) is 30.7 Å². The average molecular weight is 472 g/mol. The van der Waals surface area contributed by atoms with E-state index >= 15 is 0 Å². The van der Waals surface area contributed by atoms with Gasteiger partial charge >= 0.3 is 5.69 Å². The second-order valence-electron chi connectivity index (χ2n) is 8.74. The molecule has 0 atom stereocenters. The number of halogens is 1. The summed E-state index contributed by atoms with van der Waals surface area (Å²) in [6, 6.07) is 7.72. The lowest BCUT2D eigenvalue weighted by atomic mass is 10.3. The molecule has 168 valence electrons. The molecule has 0 radical (unpaired) electrons. The Morgan fingerprint density at radius 1 is 1.31 bits per heavy atom. The third kappa shape index (κ3) is 5.27. The molecule has 0 saturated heterocycles. The largest absolute Gasteiger partial charge is 0.487 e. The highest BCUT2D eigenvalue weighted by Crippen LogP contribution is 2.27. The SMILES string of the molecule is C=C(C)COc1ccnc2c1n(-c1ccc(C#N)c(Cl)n1)c(=O)n2COCC[Si](C)(C)C. The molecule has 3 rings (SSSR count). The number of nitriles is 1. The van der Waals surface area contributed by atoms with E-state index in [1.165, 1.54) is 15.2 Å². The number of fused-ring (bicyclic) bond motifs is 1. The zero-order valence-corrected chi connectivity index (χ0v) is 20.4. The van der Waals surface area contributed by atoms with Crippen molar-refractivity contribution in [2.75, 3.05) is 13.2 Å². The molecule has 0 unspecified atom stereocenters. The van der Waals surface area contributed by atoms with Crippen molar-refractivity contribution < 1.29 is 9.47 Å². The first-order chi connectivity index (χ1) is 15.1. The molecular formula is C22H26ClN5O3Si. The molecule has 0 aromatic carbocycles. The summed E-state index contributed by atoms with van der Waals surface area (Å²) in [4.78, 5) is 22.1. The van der Waals surface area contributed by atoms with Crippen molar-refractivity contribution in [2.45, 2.75) is 39.3 Å². The van der Waals surface area contributed by atoms with Gasteiger partial charge in [-0.25, -0.2) is 19.3 Å². The van der Waals surface area contributed by atoms with Gasteiger partial charge in [0.25, 0.3) is 0 Å². The van der Waals surface area contributed by atoms with Gasteiger partial charge in [-0.3, -0.25) is 4.57 Å². The molecule has 0 aliphatic carbocycles. The molecule has 0 aliphatic rings. The predicted molar refractivity (Wildman–Crippen MR) is 127 cm³/mol. The molecule has 10 heteroatoms. The zero-order valence-electron chi connectivity index (χ0n) is 18.7. The summed E-state index contributed by atoms with van der Waals surface area (Å²) in [6.07, 6.45) is 1.58. The monoisotopic (exact) mass is 471 g/mol. The van der Waals surface area contributed by atoms with Gasteiger partial charge in [-0.2, -0.15) is 5.26 Å². The van der Waals surface area contributed by atoms with Crippen molar-refractivity contribution in [1.29, 1.82) is 5.26 Å². The van der Waals surface area contributed by atoms with E-state index in [1.54, 1.807) is 18.3 Å². The molecule has 0 spiro atoms. The molecule has 32 heavy (non-hydrogen) atoms. The Hall–Kier alpha value is -2.93. The first kappa shape index (κ1) is 23.7. The van der Waals surface area contributed by atoms with E-state index in [4.69, 9.17) is 26.3 Å². The molecule has 0 saturated carbocycles. The van der Waals surface area contributed by atoms with Crippen molar-refractivity contribution >= 4 is 30.8 Å². The molecule has 0 amide bonds. The van der Waals surface area contributed by atoms with Crippen molar-refractivity contribution in [3.63, 3.8) is 0 Å². The van der Waals surface area contributed by atoms with Crippen LogP contribution in [0.4, 0.5) is 0 Å². The van der Waals surface area contributed by atoms with Gasteiger partial charge in [0.1, 0.15) is 41.6 Å². The van der Waals surface area contributed by atoms with Crippen molar-refractivity contribution in [2.24, 2.45) is 0 Å². The number of rotatable bonds is 9. The molecule has 8 nitrogen and oxygen atoms in total. The van der Waals surface area contributed by atoms with E-state index in [0.717, 1.165) is 11.6 Å². The highest BCUT2D eigenvalue weighted by atomic mass is 35.5. The average Bonchev–Trinajstić information content (AvgIpc) is 3.00. The van der Waals surface area contributed by atoms with Crippen LogP contribution < -0.4 is 10.4 Å². The highest BCUT2D eigenvalue weighted by molar-refractivity contribution is 6.76. The van der Waals surface area contributed by atoms with Crippen LogP contribution in [-0.2, 0) is 11.5 Å². The van der Waals surface area contributed by atoms with Gasteiger partial charge in [-0.1, -0.05) is 37.8 Å². The third-order valence-corrected chi connectivity index (χ3v) is 6.64. The second-order valence-corrected chi connectivity index (χ2v) is 14.7. The van der Waals surface area contributed by atoms with Gasteiger partial charge in [0.2, 0.25) is 0 Å². The number of hydrogen-bond acceptors (Lipinski definition) is 6. The van der Waals surface area contributed by atoms with E-state index in [-0.39, 0.29) is 35.6 Å². The number of aromatic nitrogens is 4. The maximum Gasteiger partial charge on any atom is 0.338 e. The van der Waals surface area contributed by atoms with Crippen LogP contribution in [-0.4, -0.2) is 40.4 Å². The molecule has 0 aliphatic heterocycles. The minimum Gasteiger partial charge on any atom is -0.487 e. The van der Waals surface area contributed by atoms with E-state index in [9.17, 15) is 4.79 Å². The smallest absolute Gasteiger partial charge is 0.338 e. The van der Waals surface area contributed by atoms with E-state index in [0.29, 0.717) is 23.5 Å². The van der Waals surface area contributed by atoms with Gasteiger partial charge in [-0.15, -0.1) is 0 Å². The normalized spacial score (nSPS) is 11.5. The fourth-order valence-corrected chi connectivity index (χ4v) is 3.90. The van der Waals surface area contributed by atoms with Crippen molar-refractivity contribution in [3.8, 4) is 17.6 Å². The lowest BCUT2D eigenvalue weighted by Gasteiger charge is -2.15. The maximum atomic E-state index is 13.4. The Morgan fingerprint density at radius 2 is 2.06 bits per heavy atom. The fourth-order valence-electron chi connectivity index (χ4n) is 2.95. The quantitative estimate of drug-likeness (QED) is 0.199. The molecule has 0 fully saturated rings. The maximum absolute atomic E-state index is 13.4. The second kappa shape index (κ2) is 9.69. The van der Waals surface area contributed by atoms with Gasteiger partial charge in [0.05, 0.1) is 5.56 Å². The van der Waals surface area contributed by atoms with Crippen LogP contribution in [0.1, 0.15) is 12.5 Å². The summed E-state index contributed by atoms with van der Waals surface area (Å²) in [5.41, 5.74) is 1.52. The fraction of sp³-hybridized carbons (Fsp3) is 0.364. The zero-order chi connectivity index (χ0) is 23.5. The summed E-state index contributed by atoms with van der Waals surface area (Å²) >= 11 is 6.14. The van der Waals surface area contributed by atoms with Gasteiger partial charge in [0, 0.05) is 26.9 Å². The van der Waals surface area contributed by atoms with E-state index in [2.05, 4.69) is 36.2 Å². The number of ether oxygens (including phenoxy) is 2. The number of nitrogens with zero attached hydrogens (tertiary/aromatic N) is 5. The van der Waals surface area contributed by atoms with Crippen molar-refractivity contribution in [3.05, 3.63) is 57.7 Å². The van der Waals surface area contributed by atoms with E-state index in [1.807, 2.05) is 13.0 Å². The Balaban J connectivity index is 2.12. The summed E-state index contributed by atoms with van der Waals surface area (Å²) in [5.74, 6) is 0.719. The van der Waals surface area contributed by atoms with Gasteiger partial charge in [0.15, 0.2) is 5.65 Å². The third-order valence-electron chi connectivity index (χ3n) is 4.64. The molecule has 3 heterocycles. The van der Waals surface area contributed by atoms with Crippen LogP contribution in [0.2, 0.25) is 30.8 Å². The Morgan fingerprint density at radius 3 is 2.69 bits per heavy atom. The lowest BCUT2D eigenvalue weighted by Crippen LogP contribution is -2.26. The minimum absolute atomic E-state index is 0.0116. The van der Waals surface area contributed by atoms with Crippen LogP contribution in [0.15, 0.2) is 41.3 Å². The first-order valence-corrected chi connectivity index (χ1v) is 14.2. The summed E-state index contributed by atoms with van der Waals surface area (Å²) in [6.45, 7) is 13.4. The summed E-state index contributed by atoms with van der Waals surface area (Å²) in [5, 5.41) is 9.17. The molecule has 3 aromatic rings. The number of pyridine rings is 2. The van der Waals surface area contributed by atoms with Crippen LogP contribution in [0.3, 0.4) is 0 Å². The number of imidazole rings is 1. The Bertz CT molecular complexity index is 1250.